The summed E-state index contributed by atoms with van der Waals surface area (Å²) in [6, 6.07) is 1.20. The second-order valence-corrected chi connectivity index (χ2v) is 4.73. The fourth-order valence-electron chi connectivity index (χ4n) is 1.75. The van der Waals surface area contributed by atoms with Gasteiger partial charge in [-0.25, -0.2) is 0 Å². The number of nitrogens with one attached hydrogen (secondary N) is 1. The van der Waals surface area contributed by atoms with E-state index in [-0.39, 0.29) is 24.2 Å². The molecule has 0 spiro atoms. The second kappa shape index (κ2) is 7.66. The molecule has 1 aromatic rings. The first-order valence-corrected chi connectivity index (χ1v) is 6.57. The highest BCUT2D eigenvalue weighted by atomic mass is 16.3. The molecule has 0 bridgehead atoms. The molecule has 0 aliphatic heterocycles. The molecule has 7 heteroatoms. The van der Waals surface area contributed by atoms with Gasteiger partial charge >= 0.3 is 0 Å². The molecule has 1 unspecified atom stereocenters. The van der Waals surface area contributed by atoms with Crippen LogP contribution in [-0.4, -0.2) is 34.7 Å². The molecule has 0 saturated heterocycles. The van der Waals surface area contributed by atoms with Crippen molar-refractivity contribution in [3.05, 3.63) is 28.2 Å². The van der Waals surface area contributed by atoms with Gasteiger partial charge in [-0.05, 0) is 19.8 Å². The van der Waals surface area contributed by atoms with Crippen LogP contribution in [0.25, 0.3) is 0 Å². The summed E-state index contributed by atoms with van der Waals surface area (Å²) in [5.74, 6) is -0.508. The van der Waals surface area contributed by atoms with Crippen LogP contribution < -0.4 is 22.2 Å². The number of pyridine rings is 1. The first kappa shape index (κ1) is 16.2. The van der Waals surface area contributed by atoms with E-state index in [0.717, 1.165) is 12.8 Å². The maximum Gasteiger partial charge on any atom is 0.239 e. The van der Waals surface area contributed by atoms with Crippen molar-refractivity contribution in [2.24, 2.45) is 11.5 Å². The van der Waals surface area contributed by atoms with Crippen LogP contribution in [0.5, 0.6) is 5.75 Å². The summed E-state index contributed by atoms with van der Waals surface area (Å²) in [6.45, 7) is 2.61. The van der Waals surface area contributed by atoms with E-state index in [1.165, 1.54) is 16.8 Å². The third kappa shape index (κ3) is 4.67. The molecular weight excluding hydrogens is 260 g/mol. The quantitative estimate of drug-likeness (QED) is 0.480. The number of nitrogens with zero attached hydrogens (tertiary/aromatic N) is 1. The summed E-state index contributed by atoms with van der Waals surface area (Å²) in [7, 11) is 0. The van der Waals surface area contributed by atoms with Gasteiger partial charge in [0.2, 0.25) is 11.3 Å². The minimum atomic E-state index is -0.449. The Balaban J connectivity index is 2.43. The molecule has 0 saturated carbocycles. The summed E-state index contributed by atoms with van der Waals surface area (Å²) in [5.41, 5.74) is 11.0. The van der Waals surface area contributed by atoms with Crippen molar-refractivity contribution in [1.29, 1.82) is 0 Å². The van der Waals surface area contributed by atoms with Gasteiger partial charge in [-0.3, -0.25) is 9.59 Å². The van der Waals surface area contributed by atoms with Gasteiger partial charge in [0.15, 0.2) is 5.75 Å². The number of carbonyl (C=O) groups excluding carboxylic acids is 1. The van der Waals surface area contributed by atoms with E-state index in [9.17, 15) is 14.7 Å². The number of amides is 1. The van der Waals surface area contributed by atoms with Gasteiger partial charge in [0.25, 0.3) is 0 Å². The van der Waals surface area contributed by atoms with E-state index in [1.807, 2.05) is 0 Å². The molecule has 20 heavy (non-hydrogen) atoms. The fraction of sp³-hybridized carbons (Fsp3) is 0.538. The maximum absolute atomic E-state index is 11.7. The molecule has 112 valence electrons. The normalized spacial score (nSPS) is 12.2. The van der Waals surface area contributed by atoms with Crippen molar-refractivity contribution in [2.45, 2.75) is 32.4 Å². The number of nitrogens with two attached hydrogens (primary N) is 2. The smallest absolute Gasteiger partial charge is 0.239 e. The summed E-state index contributed by atoms with van der Waals surface area (Å²) in [5, 5.41) is 12.3. The highest BCUT2D eigenvalue weighted by Gasteiger charge is 2.08. The lowest BCUT2D eigenvalue weighted by Gasteiger charge is -2.12. The molecule has 1 heterocycles. The standard InChI is InChI=1S/C13H22N4O3/c1-9-13(20)11(18)4-6-17(9)8-12(19)16-5-2-3-10(15)7-14/h4,6,10,20H,2-3,5,7-8,14-15H2,1H3,(H,16,19). The summed E-state index contributed by atoms with van der Waals surface area (Å²) >= 11 is 0. The predicted molar refractivity (Wildman–Crippen MR) is 76.4 cm³/mol. The van der Waals surface area contributed by atoms with Crippen LogP contribution in [0, 0.1) is 6.92 Å². The lowest BCUT2D eigenvalue weighted by atomic mass is 10.2. The minimum Gasteiger partial charge on any atom is -0.503 e. The SMILES string of the molecule is Cc1c(O)c(=O)ccn1CC(=O)NCCCC(N)CN. The van der Waals surface area contributed by atoms with Crippen molar-refractivity contribution < 1.29 is 9.90 Å². The Kier molecular flexibility index (Phi) is 6.20. The van der Waals surface area contributed by atoms with E-state index < -0.39 is 5.43 Å². The molecule has 0 fully saturated rings. The molecule has 1 rings (SSSR count). The van der Waals surface area contributed by atoms with Gasteiger partial charge in [0.05, 0.1) is 5.69 Å². The highest BCUT2D eigenvalue weighted by Crippen LogP contribution is 2.08. The van der Waals surface area contributed by atoms with Crippen LogP contribution in [0.4, 0.5) is 0 Å². The zero-order chi connectivity index (χ0) is 15.1. The first-order valence-electron chi connectivity index (χ1n) is 6.57. The average molecular weight is 282 g/mol. The predicted octanol–water partition coefficient (Wildman–Crippen LogP) is -0.955. The third-order valence-corrected chi connectivity index (χ3v) is 3.10. The van der Waals surface area contributed by atoms with Crippen LogP contribution in [0.15, 0.2) is 17.1 Å². The number of aromatic nitrogens is 1. The Labute approximate surface area is 117 Å². The lowest BCUT2D eigenvalue weighted by molar-refractivity contribution is -0.121. The zero-order valence-corrected chi connectivity index (χ0v) is 11.6. The van der Waals surface area contributed by atoms with Crippen LogP contribution in [0.1, 0.15) is 18.5 Å². The molecule has 1 aromatic heterocycles. The van der Waals surface area contributed by atoms with E-state index in [1.54, 1.807) is 6.92 Å². The number of rotatable bonds is 7. The summed E-state index contributed by atoms with van der Waals surface area (Å²) in [6.07, 6.45) is 3.01. The number of hydrogen-bond donors (Lipinski definition) is 4. The van der Waals surface area contributed by atoms with E-state index in [4.69, 9.17) is 11.5 Å². The maximum atomic E-state index is 11.7. The molecule has 1 atom stereocenters. The largest absolute Gasteiger partial charge is 0.503 e. The molecular formula is C13H22N4O3. The van der Waals surface area contributed by atoms with Crippen molar-refractivity contribution in [3.63, 3.8) is 0 Å². The Morgan fingerprint density at radius 2 is 2.25 bits per heavy atom. The second-order valence-electron chi connectivity index (χ2n) is 4.73. The topological polar surface area (TPSA) is 123 Å². The van der Waals surface area contributed by atoms with E-state index in [0.29, 0.717) is 18.8 Å². The van der Waals surface area contributed by atoms with Gasteiger partial charge in [-0.15, -0.1) is 0 Å². The van der Waals surface area contributed by atoms with Gasteiger partial charge in [0, 0.05) is 31.4 Å². The number of carbonyl (C=O) groups is 1. The van der Waals surface area contributed by atoms with E-state index >= 15 is 0 Å². The van der Waals surface area contributed by atoms with Crippen molar-refractivity contribution in [1.82, 2.24) is 9.88 Å². The Morgan fingerprint density at radius 1 is 1.55 bits per heavy atom. The fourth-order valence-corrected chi connectivity index (χ4v) is 1.75. The molecule has 1 amide bonds. The van der Waals surface area contributed by atoms with Crippen LogP contribution in [0.2, 0.25) is 0 Å². The van der Waals surface area contributed by atoms with Crippen LogP contribution >= 0.6 is 0 Å². The van der Waals surface area contributed by atoms with Gasteiger partial charge in [-0.2, -0.15) is 0 Å². The lowest BCUT2D eigenvalue weighted by Crippen LogP contribution is -2.33. The summed E-state index contributed by atoms with van der Waals surface area (Å²) < 4.78 is 1.53. The Morgan fingerprint density at radius 3 is 2.90 bits per heavy atom. The van der Waals surface area contributed by atoms with Gasteiger partial charge in [0.1, 0.15) is 6.54 Å². The Hall–Kier alpha value is -1.86. The molecule has 0 aromatic carbocycles. The molecule has 7 nitrogen and oxygen atoms in total. The van der Waals surface area contributed by atoms with Crippen molar-refractivity contribution >= 4 is 5.91 Å². The monoisotopic (exact) mass is 282 g/mol. The first-order chi connectivity index (χ1) is 9.45. The van der Waals surface area contributed by atoms with Crippen molar-refractivity contribution in [3.8, 4) is 5.75 Å². The van der Waals surface area contributed by atoms with Crippen LogP contribution in [0.3, 0.4) is 0 Å². The zero-order valence-electron chi connectivity index (χ0n) is 11.6. The summed E-state index contributed by atoms with van der Waals surface area (Å²) in [4.78, 5) is 22.9. The minimum absolute atomic E-state index is 0.0370. The third-order valence-electron chi connectivity index (χ3n) is 3.10. The van der Waals surface area contributed by atoms with Gasteiger partial charge < -0.3 is 26.5 Å². The van der Waals surface area contributed by atoms with Crippen molar-refractivity contribution in [2.75, 3.05) is 13.1 Å². The Bertz CT molecular complexity index is 513. The molecule has 6 N–H and O–H groups in total. The molecule has 0 aliphatic carbocycles. The number of aromatic hydroxyl groups is 1. The van der Waals surface area contributed by atoms with Crippen LogP contribution in [-0.2, 0) is 11.3 Å². The number of hydrogen-bond acceptors (Lipinski definition) is 5. The van der Waals surface area contributed by atoms with Gasteiger partial charge in [-0.1, -0.05) is 0 Å². The molecule has 0 radical (unpaired) electrons. The highest BCUT2D eigenvalue weighted by molar-refractivity contribution is 5.75. The average Bonchev–Trinajstić information content (AvgIpc) is 2.44. The molecule has 0 aliphatic rings. The van der Waals surface area contributed by atoms with E-state index in [2.05, 4.69) is 5.32 Å².